The highest BCUT2D eigenvalue weighted by atomic mass is 16.4. The lowest BCUT2D eigenvalue weighted by Crippen LogP contribution is -2.56. The maximum Gasteiger partial charge on any atom is 0.326 e. The summed E-state index contributed by atoms with van der Waals surface area (Å²) in [6, 6.07) is 19.8. The molecule has 30 heavy (non-hydrogen) atoms. The second-order valence-corrected chi connectivity index (χ2v) is 7.90. The number of hydrogen-bond acceptors (Lipinski definition) is 3. The summed E-state index contributed by atoms with van der Waals surface area (Å²) in [5.41, 5.74) is 2.45. The van der Waals surface area contributed by atoms with Crippen molar-refractivity contribution in [2.75, 3.05) is 26.2 Å². The number of carboxylic acids is 1. The maximum atomic E-state index is 12.7. The average Bonchev–Trinajstić information content (AvgIpc) is 2.78. The average molecular weight is 410 g/mol. The van der Waals surface area contributed by atoms with Gasteiger partial charge in [-0.25, -0.2) is 9.59 Å². The Morgan fingerprint density at radius 3 is 1.87 bits per heavy atom. The van der Waals surface area contributed by atoms with Gasteiger partial charge < -0.3 is 15.3 Å². The van der Waals surface area contributed by atoms with Crippen molar-refractivity contribution in [2.45, 2.75) is 32.4 Å². The van der Waals surface area contributed by atoms with Gasteiger partial charge in [-0.3, -0.25) is 4.90 Å². The van der Waals surface area contributed by atoms with Crippen molar-refractivity contribution in [2.24, 2.45) is 5.92 Å². The summed E-state index contributed by atoms with van der Waals surface area (Å²) in [4.78, 5) is 28.3. The molecule has 1 saturated heterocycles. The highest BCUT2D eigenvalue weighted by Gasteiger charge is 2.31. The number of piperazine rings is 1. The van der Waals surface area contributed by atoms with Crippen LogP contribution in [0.2, 0.25) is 0 Å². The van der Waals surface area contributed by atoms with Gasteiger partial charge in [0.15, 0.2) is 0 Å². The van der Waals surface area contributed by atoms with E-state index >= 15 is 0 Å². The van der Waals surface area contributed by atoms with Gasteiger partial charge in [0.2, 0.25) is 0 Å². The summed E-state index contributed by atoms with van der Waals surface area (Å²) in [6.07, 6.45) is 0.695. The van der Waals surface area contributed by atoms with Crippen molar-refractivity contribution in [3.8, 4) is 0 Å². The van der Waals surface area contributed by atoms with Gasteiger partial charge in [0, 0.05) is 26.2 Å². The van der Waals surface area contributed by atoms with Gasteiger partial charge in [-0.1, -0.05) is 80.9 Å². The van der Waals surface area contributed by atoms with Crippen LogP contribution in [0, 0.1) is 5.92 Å². The first kappa shape index (κ1) is 21.8. The van der Waals surface area contributed by atoms with Crippen molar-refractivity contribution in [1.29, 1.82) is 0 Å². The minimum Gasteiger partial charge on any atom is -0.480 e. The molecule has 1 fully saturated rings. The van der Waals surface area contributed by atoms with Gasteiger partial charge in [-0.15, -0.1) is 0 Å². The minimum atomic E-state index is -0.982. The first-order chi connectivity index (χ1) is 14.5. The van der Waals surface area contributed by atoms with Crippen LogP contribution in [0.5, 0.6) is 0 Å². The van der Waals surface area contributed by atoms with Crippen LogP contribution >= 0.6 is 0 Å². The fourth-order valence-corrected chi connectivity index (χ4v) is 3.98. The van der Waals surface area contributed by atoms with E-state index in [1.165, 1.54) is 11.1 Å². The maximum absolute atomic E-state index is 12.7. The SMILES string of the molecule is CCC(C)[C@H](NC(=O)N1CCN(C(c2ccccc2)c2ccccc2)CC1)C(=O)O. The van der Waals surface area contributed by atoms with Crippen LogP contribution in [-0.2, 0) is 4.79 Å². The second-order valence-electron chi connectivity index (χ2n) is 7.90. The largest absolute Gasteiger partial charge is 0.480 e. The monoisotopic (exact) mass is 409 g/mol. The summed E-state index contributed by atoms with van der Waals surface area (Å²) in [5, 5.41) is 12.2. The van der Waals surface area contributed by atoms with Crippen LogP contribution in [0.15, 0.2) is 60.7 Å². The Morgan fingerprint density at radius 2 is 1.43 bits per heavy atom. The smallest absolute Gasteiger partial charge is 0.326 e. The number of urea groups is 1. The summed E-state index contributed by atoms with van der Waals surface area (Å²) >= 11 is 0. The normalized spacial score (nSPS) is 16.8. The number of carboxylic acid groups (broad SMARTS) is 1. The summed E-state index contributed by atoms with van der Waals surface area (Å²) < 4.78 is 0. The molecule has 160 valence electrons. The van der Waals surface area contributed by atoms with Crippen LogP contribution in [-0.4, -0.2) is 59.1 Å². The van der Waals surface area contributed by atoms with E-state index in [4.69, 9.17) is 0 Å². The van der Waals surface area contributed by atoms with Gasteiger partial charge in [-0.05, 0) is 17.0 Å². The van der Waals surface area contributed by atoms with Gasteiger partial charge in [0.05, 0.1) is 6.04 Å². The van der Waals surface area contributed by atoms with E-state index in [1.807, 2.05) is 26.0 Å². The van der Waals surface area contributed by atoms with Crippen LogP contribution in [0.3, 0.4) is 0 Å². The molecule has 0 spiro atoms. The predicted octanol–water partition coefficient (Wildman–Crippen LogP) is 3.60. The van der Waals surface area contributed by atoms with Crippen molar-refractivity contribution in [3.63, 3.8) is 0 Å². The molecule has 6 heteroatoms. The molecule has 2 aromatic rings. The van der Waals surface area contributed by atoms with E-state index in [-0.39, 0.29) is 18.0 Å². The zero-order chi connectivity index (χ0) is 21.5. The molecular weight excluding hydrogens is 378 g/mol. The molecule has 1 unspecified atom stereocenters. The number of nitrogens with zero attached hydrogens (tertiary/aromatic N) is 2. The van der Waals surface area contributed by atoms with E-state index in [9.17, 15) is 14.7 Å². The second kappa shape index (κ2) is 10.3. The fraction of sp³-hybridized carbons (Fsp3) is 0.417. The molecule has 0 aliphatic carbocycles. The molecule has 1 aliphatic heterocycles. The number of carbonyl (C=O) groups excluding carboxylic acids is 1. The number of hydrogen-bond donors (Lipinski definition) is 2. The molecule has 0 bridgehead atoms. The van der Waals surface area contributed by atoms with E-state index in [0.717, 1.165) is 13.1 Å². The quantitative estimate of drug-likeness (QED) is 0.733. The van der Waals surface area contributed by atoms with Gasteiger partial charge in [0.25, 0.3) is 0 Å². The fourth-order valence-electron chi connectivity index (χ4n) is 3.98. The van der Waals surface area contributed by atoms with Crippen LogP contribution in [0.4, 0.5) is 4.79 Å². The van der Waals surface area contributed by atoms with Crippen LogP contribution in [0.25, 0.3) is 0 Å². The molecule has 1 heterocycles. The van der Waals surface area contributed by atoms with E-state index < -0.39 is 12.0 Å². The predicted molar refractivity (Wildman–Crippen MR) is 117 cm³/mol. The van der Waals surface area contributed by atoms with Crippen LogP contribution < -0.4 is 5.32 Å². The van der Waals surface area contributed by atoms with Gasteiger partial charge in [0.1, 0.15) is 6.04 Å². The Hall–Kier alpha value is -2.86. The van der Waals surface area contributed by atoms with E-state index in [1.54, 1.807) is 4.90 Å². The molecule has 1 aliphatic rings. The minimum absolute atomic E-state index is 0.117. The topological polar surface area (TPSA) is 72.9 Å². The highest BCUT2D eigenvalue weighted by Crippen LogP contribution is 2.29. The lowest BCUT2D eigenvalue weighted by atomic mass is 9.96. The molecule has 2 aromatic carbocycles. The Bertz CT molecular complexity index is 781. The standard InChI is InChI=1S/C24H31N3O3/c1-3-18(2)21(23(28)29)25-24(30)27-16-14-26(15-17-27)22(19-10-6-4-7-11-19)20-12-8-5-9-13-20/h4-13,18,21-22H,3,14-17H2,1-2H3,(H,25,30)(H,28,29)/t18?,21-/m0/s1. The van der Waals surface area contributed by atoms with Crippen LogP contribution in [0.1, 0.15) is 37.4 Å². The molecule has 3 rings (SSSR count). The third-order valence-corrected chi connectivity index (χ3v) is 5.96. The van der Waals surface area contributed by atoms with Crippen molar-refractivity contribution in [1.82, 2.24) is 15.1 Å². The van der Waals surface area contributed by atoms with E-state index in [2.05, 4.69) is 58.7 Å². The summed E-state index contributed by atoms with van der Waals surface area (Å²) in [6.45, 7) is 6.36. The Labute approximate surface area is 178 Å². The molecule has 6 nitrogen and oxygen atoms in total. The summed E-state index contributed by atoms with van der Waals surface area (Å²) in [5.74, 6) is -1.10. The molecule has 0 radical (unpaired) electrons. The number of rotatable bonds is 7. The highest BCUT2D eigenvalue weighted by molar-refractivity contribution is 5.82. The molecule has 0 saturated carbocycles. The molecule has 2 atom stereocenters. The molecule has 2 amide bonds. The molecule has 0 aromatic heterocycles. The number of carbonyl (C=O) groups is 2. The zero-order valence-corrected chi connectivity index (χ0v) is 17.7. The van der Waals surface area contributed by atoms with E-state index in [0.29, 0.717) is 19.5 Å². The summed E-state index contributed by atoms with van der Waals surface area (Å²) in [7, 11) is 0. The first-order valence-electron chi connectivity index (χ1n) is 10.6. The Morgan fingerprint density at radius 1 is 0.933 bits per heavy atom. The van der Waals surface area contributed by atoms with Crippen molar-refractivity contribution < 1.29 is 14.7 Å². The third-order valence-electron chi connectivity index (χ3n) is 5.96. The number of nitrogens with one attached hydrogen (secondary N) is 1. The number of amides is 2. The third kappa shape index (κ3) is 5.19. The first-order valence-corrected chi connectivity index (χ1v) is 10.6. The molecular formula is C24H31N3O3. The van der Waals surface area contributed by atoms with Crippen molar-refractivity contribution in [3.05, 3.63) is 71.8 Å². The number of aliphatic carboxylic acids is 1. The Kier molecular flexibility index (Phi) is 7.46. The Balaban J connectivity index is 1.68. The molecule has 2 N–H and O–H groups in total. The van der Waals surface area contributed by atoms with Gasteiger partial charge >= 0.3 is 12.0 Å². The lowest BCUT2D eigenvalue weighted by Gasteiger charge is -2.40. The zero-order valence-electron chi connectivity index (χ0n) is 17.7. The van der Waals surface area contributed by atoms with Gasteiger partial charge in [-0.2, -0.15) is 0 Å². The lowest BCUT2D eigenvalue weighted by molar-refractivity contribution is -0.140. The number of benzene rings is 2. The van der Waals surface area contributed by atoms with Crippen molar-refractivity contribution >= 4 is 12.0 Å².